The normalized spacial score (nSPS) is 17.2. The van der Waals surface area contributed by atoms with Crippen molar-refractivity contribution in [3.8, 4) is 0 Å². The van der Waals surface area contributed by atoms with Crippen LogP contribution in [0.4, 0.5) is 0 Å². The molecule has 0 atom stereocenters. The molecule has 0 saturated heterocycles. The Morgan fingerprint density at radius 2 is 1.76 bits per heavy atom. The van der Waals surface area contributed by atoms with Crippen LogP contribution in [0.1, 0.15) is 48.9 Å². The topological polar surface area (TPSA) is 86.5 Å². The number of nitrogens with two attached hydrogens (primary N) is 1. The number of carbonyl (C=O) groups is 1. The molecule has 0 unspecified atom stereocenters. The van der Waals surface area contributed by atoms with E-state index in [1.54, 1.807) is 0 Å². The molecule has 0 spiro atoms. The first-order valence-electron chi connectivity index (χ1n) is 6.90. The molecule has 0 amide bonds. The maximum Gasteiger partial charge on any atom is 0.338 e. The monoisotopic (exact) mass is 375 g/mol. The highest BCUT2D eigenvalue weighted by Crippen LogP contribution is 2.23. The van der Waals surface area contributed by atoms with Gasteiger partial charge in [-0.2, -0.15) is 0 Å². The Kier molecular flexibility index (Phi) is 5.40. The van der Waals surface area contributed by atoms with Crippen molar-refractivity contribution in [2.75, 3.05) is 0 Å². The Morgan fingerprint density at radius 3 is 2.33 bits per heavy atom. The van der Waals surface area contributed by atoms with E-state index in [1.807, 2.05) is 0 Å². The van der Waals surface area contributed by atoms with E-state index in [2.05, 4.69) is 15.9 Å². The van der Waals surface area contributed by atoms with Crippen LogP contribution in [0.5, 0.6) is 0 Å². The summed E-state index contributed by atoms with van der Waals surface area (Å²) in [6, 6.07) is 4.14. The van der Waals surface area contributed by atoms with E-state index >= 15 is 0 Å². The van der Waals surface area contributed by atoms with E-state index in [9.17, 15) is 13.2 Å². The molecule has 1 aromatic rings. The third-order valence-corrected chi connectivity index (χ3v) is 4.86. The third-order valence-electron chi connectivity index (χ3n) is 3.51. The van der Waals surface area contributed by atoms with Gasteiger partial charge in [-0.05, 0) is 43.9 Å². The van der Waals surface area contributed by atoms with Crippen molar-refractivity contribution in [2.24, 2.45) is 5.14 Å². The molecule has 2 N–H and O–H groups in total. The second-order valence-corrected chi connectivity index (χ2v) is 7.72. The van der Waals surface area contributed by atoms with Gasteiger partial charge in [-0.15, -0.1) is 0 Å². The van der Waals surface area contributed by atoms with Crippen LogP contribution in [0.3, 0.4) is 0 Å². The second-order valence-electron chi connectivity index (χ2n) is 5.24. The van der Waals surface area contributed by atoms with Gasteiger partial charge in [-0.3, -0.25) is 0 Å². The van der Waals surface area contributed by atoms with Crippen LogP contribution in [0.2, 0.25) is 0 Å². The lowest BCUT2D eigenvalue weighted by Crippen LogP contribution is -2.18. The summed E-state index contributed by atoms with van der Waals surface area (Å²) < 4.78 is 28.8. The summed E-state index contributed by atoms with van der Waals surface area (Å²) >= 11 is 3.18. The van der Waals surface area contributed by atoms with E-state index in [1.165, 1.54) is 31.0 Å². The first kappa shape index (κ1) is 16.5. The standard InChI is InChI=1S/C14H18BrNO4S/c15-11-7-10(8-13(9-11)21(16,18)19)14(17)20-12-5-3-1-2-4-6-12/h7-9,12H,1-6H2,(H2,16,18,19). The summed E-state index contributed by atoms with van der Waals surface area (Å²) in [4.78, 5) is 12.1. The maximum atomic E-state index is 12.2. The van der Waals surface area contributed by atoms with Gasteiger partial charge in [0.1, 0.15) is 6.10 Å². The van der Waals surface area contributed by atoms with Gasteiger partial charge >= 0.3 is 5.97 Å². The summed E-state index contributed by atoms with van der Waals surface area (Å²) in [5.41, 5.74) is 0.192. The number of benzene rings is 1. The number of ether oxygens (including phenoxy) is 1. The molecule has 2 rings (SSSR count). The lowest BCUT2D eigenvalue weighted by Gasteiger charge is -2.15. The van der Waals surface area contributed by atoms with Crippen molar-refractivity contribution in [1.82, 2.24) is 0 Å². The van der Waals surface area contributed by atoms with Crippen molar-refractivity contribution in [2.45, 2.75) is 49.5 Å². The van der Waals surface area contributed by atoms with Crippen LogP contribution in [0.15, 0.2) is 27.6 Å². The maximum absolute atomic E-state index is 12.2. The highest BCUT2D eigenvalue weighted by Gasteiger charge is 2.20. The van der Waals surface area contributed by atoms with Crippen LogP contribution < -0.4 is 5.14 Å². The Morgan fingerprint density at radius 1 is 1.14 bits per heavy atom. The predicted molar refractivity (Wildman–Crippen MR) is 82.4 cm³/mol. The van der Waals surface area contributed by atoms with Crippen molar-refractivity contribution in [3.05, 3.63) is 28.2 Å². The number of halogens is 1. The highest BCUT2D eigenvalue weighted by molar-refractivity contribution is 9.10. The van der Waals surface area contributed by atoms with Gasteiger partial charge in [-0.25, -0.2) is 18.4 Å². The molecule has 1 saturated carbocycles. The first-order chi connectivity index (χ1) is 9.86. The van der Waals surface area contributed by atoms with Crippen LogP contribution in [0, 0.1) is 0 Å². The van der Waals surface area contributed by atoms with Crippen molar-refractivity contribution >= 4 is 31.9 Å². The number of hydrogen-bond donors (Lipinski definition) is 1. The van der Waals surface area contributed by atoms with Gasteiger partial charge in [-0.1, -0.05) is 28.8 Å². The number of primary sulfonamides is 1. The minimum Gasteiger partial charge on any atom is -0.459 e. The Hall–Kier alpha value is -0.920. The third kappa shape index (κ3) is 4.79. The lowest BCUT2D eigenvalue weighted by atomic mass is 10.1. The summed E-state index contributed by atoms with van der Waals surface area (Å²) in [6.45, 7) is 0. The molecule has 0 aromatic heterocycles. The van der Waals surface area contributed by atoms with Crippen molar-refractivity contribution < 1.29 is 17.9 Å². The number of sulfonamides is 1. The van der Waals surface area contributed by atoms with Gasteiger partial charge in [0.2, 0.25) is 10.0 Å². The second kappa shape index (κ2) is 6.89. The highest BCUT2D eigenvalue weighted by atomic mass is 79.9. The molecule has 21 heavy (non-hydrogen) atoms. The number of esters is 1. The summed E-state index contributed by atoms with van der Waals surface area (Å²) in [6.07, 6.45) is 6.08. The Labute approximate surface area is 133 Å². The average molecular weight is 376 g/mol. The lowest BCUT2D eigenvalue weighted by molar-refractivity contribution is 0.0267. The fourth-order valence-electron chi connectivity index (χ4n) is 2.42. The van der Waals surface area contributed by atoms with Gasteiger partial charge < -0.3 is 4.74 Å². The number of rotatable bonds is 3. The van der Waals surface area contributed by atoms with E-state index in [0.717, 1.165) is 25.7 Å². The van der Waals surface area contributed by atoms with Crippen molar-refractivity contribution in [3.63, 3.8) is 0 Å². The fourth-order valence-corrected chi connectivity index (χ4v) is 3.65. The fraction of sp³-hybridized carbons (Fsp3) is 0.500. The van der Waals surface area contributed by atoms with Crippen LogP contribution in [-0.2, 0) is 14.8 Å². The van der Waals surface area contributed by atoms with Crippen LogP contribution in [-0.4, -0.2) is 20.5 Å². The molecule has 1 aliphatic carbocycles. The molecule has 0 heterocycles. The molecule has 5 nitrogen and oxygen atoms in total. The molecule has 1 aromatic carbocycles. The summed E-state index contributed by atoms with van der Waals surface area (Å²) in [5, 5.41) is 5.10. The molecule has 1 fully saturated rings. The Balaban J connectivity index is 2.17. The average Bonchev–Trinajstić information content (AvgIpc) is 2.65. The first-order valence-corrected chi connectivity index (χ1v) is 9.24. The summed E-state index contributed by atoms with van der Waals surface area (Å²) in [7, 11) is -3.86. The molecule has 1 aliphatic rings. The zero-order valence-corrected chi connectivity index (χ0v) is 14.0. The molecule has 7 heteroatoms. The predicted octanol–water partition coefficient (Wildman–Crippen LogP) is 2.98. The van der Waals surface area contributed by atoms with Gasteiger partial charge in [0.05, 0.1) is 10.5 Å². The molecule has 0 radical (unpaired) electrons. The minimum absolute atomic E-state index is 0.0862. The van der Waals surface area contributed by atoms with E-state index in [0.29, 0.717) is 4.47 Å². The molecular formula is C14H18BrNO4S. The summed E-state index contributed by atoms with van der Waals surface area (Å²) in [5.74, 6) is -0.506. The molecule has 116 valence electrons. The molecule has 0 aliphatic heterocycles. The number of hydrogen-bond acceptors (Lipinski definition) is 4. The largest absolute Gasteiger partial charge is 0.459 e. The van der Waals surface area contributed by atoms with E-state index in [-0.39, 0.29) is 16.6 Å². The SMILES string of the molecule is NS(=O)(=O)c1cc(Br)cc(C(=O)OC2CCCCCC2)c1. The Bertz CT molecular complexity index is 622. The van der Waals surface area contributed by atoms with Gasteiger partial charge in [0, 0.05) is 4.47 Å². The van der Waals surface area contributed by atoms with Crippen LogP contribution in [0.25, 0.3) is 0 Å². The van der Waals surface area contributed by atoms with E-state index in [4.69, 9.17) is 9.88 Å². The molecular weight excluding hydrogens is 358 g/mol. The van der Waals surface area contributed by atoms with Crippen LogP contribution >= 0.6 is 15.9 Å². The molecule has 0 bridgehead atoms. The minimum atomic E-state index is -3.86. The quantitative estimate of drug-likeness (QED) is 0.649. The van der Waals surface area contributed by atoms with Gasteiger partial charge in [0.15, 0.2) is 0 Å². The smallest absolute Gasteiger partial charge is 0.338 e. The van der Waals surface area contributed by atoms with Gasteiger partial charge in [0.25, 0.3) is 0 Å². The van der Waals surface area contributed by atoms with E-state index < -0.39 is 16.0 Å². The van der Waals surface area contributed by atoms with Crippen molar-refractivity contribution in [1.29, 1.82) is 0 Å². The number of carbonyl (C=O) groups excluding carboxylic acids is 1. The zero-order valence-electron chi connectivity index (χ0n) is 11.5. The zero-order chi connectivity index (χ0) is 15.5.